The predicted molar refractivity (Wildman–Crippen MR) is 51.7 cm³/mol. The summed E-state index contributed by atoms with van der Waals surface area (Å²) in [7, 11) is 0. The molecule has 1 nitrogen and oxygen atoms in total. The van der Waals surface area contributed by atoms with Gasteiger partial charge in [-0.2, -0.15) is 0 Å². The molecule has 12 heavy (non-hydrogen) atoms. The van der Waals surface area contributed by atoms with Gasteiger partial charge in [0, 0.05) is 5.56 Å². The largest absolute Gasteiger partial charge is 0.389 e. The number of nitrogens with two attached hydrogens (primary N) is 1. The Hall–Kier alpha value is -0.960. The summed E-state index contributed by atoms with van der Waals surface area (Å²) in [6.45, 7) is 1.89. The maximum absolute atomic E-state index is 13.4. The minimum Gasteiger partial charge on any atom is -0.389 e. The molecule has 1 aromatic carbocycles. The Kier molecular flexibility index (Phi) is 2.76. The lowest BCUT2D eigenvalue weighted by Gasteiger charge is -2.04. The van der Waals surface area contributed by atoms with Crippen LogP contribution < -0.4 is 5.73 Å². The second kappa shape index (κ2) is 3.63. The first-order chi connectivity index (χ1) is 5.66. The second-order valence-electron chi connectivity index (χ2n) is 2.50. The summed E-state index contributed by atoms with van der Waals surface area (Å²) in [6.07, 6.45) is 0.655. The normalized spacial score (nSPS) is 9.83. The molecule has 0 saturated carbocycles. The lowest BCUT2D eigenvalue weighted by atomic mass is 10.1. The fourth-order valence-corrected chi connectivity index (χ4v) is 1.20. The van der Waals surface area contributed by atoms with E-state index in [9.17, 15) is 4.39 Å². The van der Waals surface area contributed by atoms with Crippen molar-refractivity contribution in [2.45, 2.75) is 13.3 Å². The Labute approximate surface area is 76.4 Å². The predicted octanol–water partition coefficient (Wildman–Crippen LogP) is 2.02. The number of hydrogen-bond acceptors (Lipinski definition) is 1. The van der Waals surface area contributed by atoms with Gasteiger partial charge in [0.05, 0.1) is 0 Å². The molecule has 0 saturated heterocycles. The highest BCUT2D eigenvalue weighted by molar-refractivity contribution is 7.80. The topological polar surface area (TPSA) is 26.0 Å². The van der Waals surface area contributed by atoms with E-state index in [0.717, 1.165) is 0 Å². The fraction of sp³-hybridized carbons (Fsp3) is 0.222. The SMILES string of the molecule is CCc1cccc(C(N)=S)c1F. The van der Waals surface area contributed by atoms with Crippen molar-refractivity contribution < 1.29 is 4.39 Å². The minimum atomic E-state index is -0.285. The van der Waals surface area contributed by atoms with E-state index < -0.39 is 0 Å². The lowest BCUT2D eigenvalue weighted by Crippen LogP contribution is -2.12. The molecule has 0 heterocycles. The Morgan fingerprint density at radius 1 is 1.58 bits per heavy atom. The maximum atomic E-state index is 13.4. The number of aryl methyl sites for hydroxylation is 1. The van der Waals surface area contributed by atoms with E-state index in [4.69, 9.17) is 18.0 Å². The first-order valence-corrected chi connectivity index (χ1v) is 4.14. The first kappa shape index (κ1) is 9.13. The molecule has 0 bridgehead atoms. The minimum absolute atomic E-state index is 0.114. The third kappa shape index (κ3) is 1.61. The highest BCUT2D eigenvalue weighted by Gasteiger charge is 2.07. The number of halogens is 1. The van der Waals surface area contributed by atoms with Crippen LogP contribution in [0.25, 0.3) is 0 Å². The number of hydrogen-bond donors (Lipinski definition) is 1. The molecule has 0 aliphatic rings. The van der Waals surface area contributed by atoms with E-state index in [-0.39, 0.29) is 10.8 Å². The Balaban J connectivity index is 3.23. The number of rotatable bonds is 2. The van der Waals surface area contributed by atoms with Crippen LogP contribution in [0, 0.1) is 5.82 Å². The van der Waals surface area contributed by atoms with E-state index in [0.29, 0.717) is 17.5 Å². The summed E-state index contributed by atoms with van der Waals surface area (Å²) in [4.78, 5) is 0.114. The van der Waals surface area contributed by atoms with Crippen molar-refractivity contribution in [3.05, 3.63) is 35.1 Å². The fourth-order valence-electron chi connectivity index (χ4n) is 1.04. The smallest absolute Gasteiger partial charge is 0.136 e. The molecular weight excluding hydrogens is 173 g/mol. The van der Waals surface area contributed by atoms with Crippen LogP contribution in [-0.4, -0.2) is 4.99 Å². The third-order valence-corrected chi connectivity index (χ3v) is 1.94. The van der Waals surface area contributed by atoms with Crippen LogP contribution in [-0.2, 0) is 6.42 Å². The molecule has 1 rings (SSSR count). The van der Waals surface area contributed by atoms with Crippen molar-refractivity contribution in [3.8, 4) is 0 Å². The summed E-state index contributed by atoms with van der Waals surface area (Å²) in [5.41, 5.74) is 6.32. The van der Waals surface area contributed by atoms with Gasteiger partial charge in [-0.25, -0.2) is 4.39 Å². The molecule has 0 aliphatic carbocycles. The average Bonchev–Trinajstić information content (AvgIpc) is 2.04. The molecular formula is C9H10FNS. The van der Waals surface area contributed by atoms with Crippen LogP contribution in [0.4, 0.5) is 4.39 Å². The average molecular weight is 183 g/mol. The van der Waals surface area contributed by atoms with Gasteiger partial charge in [-0.05, 0) is 18.1 Å². The van der Waals surface area contributed by atoms with Gasteiger partial charge < -0.3 is 5.73 Å². The van der Waals surface area contributed by atoms with Crippen molar-refractivity contribution in [1.82, 2.24) is 0 Å². The molecule has 0 aromatic heterocycles. The van der Waals surface area contributed by atoms with Gasteiger partial charge >= 0.3 is 0 Å². The van der Waals surface area contributed by atoms with Crippen molar-refractivity contribution in [2.75, 3.05) is 0 Å². The first-order valence-electron chi connectivity index (χ1n) is 3.74. The summed E-state index contributed by atoms with van der Waals surface area (Å²) in [5, 5.41) is 0. The van der Waals surface area contributed by atoms with E-state index in [1.165, 1.54) is 0 Å². The standard InChI is InChI=1S/C9H10FNS/c1-2-6-4-3-5-7(8(6)10)9(11)12/h3-5H,2H2,1H3,(H2,11,12). The Morgan fingerprint density at radius 3 is 2.75 bits per heavy atom. The molecule has 0 amide bonds. The number of thiocarbonyl (C=S) groups is 1. The molecule has 0 aliphatic heterocycles. The van der Waals surface area contributed by atoms with Gasteiger partial charge in [0.1, 0.15) is 10.8 Å². The zero-order valence-corrected chi connectivity index (χ0v) is 7.62. The van der Waals surface area contributed by atoms with E-state index in [1.807, 2.05) is 6.92 Å². The lowest BCUT2D eigenvalue weighted by molar-refractivity contribution is 0.610. The molecule has 3 heteroatoms. The van der Waals surface area contributed by atoms with Gasteiger partial charge in [0.2, 0.25) is 0 Å². The molecule has 64 valence electrons. The quantitative estimate of drug-likeness (QED) is 0.710. The molecule has 0 unspecified atom stereocenters. The van der Waals surface area contributed by atoms with Gasteiger partial charge in [0.15, 0.2) is 0 Å². The third-order valence-electron chi connectivity index (χ3n) is 1.73. The van der Waals surface area contributed by atoms with Crippen LogP contribution in [0.15, 0.2) is 18.2 Å². The van der Waals surface area contributed by atoms with Crippen molar-refractivity contribution >= 4 is 17.2 Å². The molecule has 2 N–H and O–H groups in total. The van der Waals surface area contributed by atoms with Crippen LogP contribution in [0.5, 0.6) is 0 Å². The van der Waals surface area contributed by atoms with E-state index >= 15 is 0 Å². The van der Waals surface area contributed by atoms with Gasteiger partial charge in [-0.15, -0.1) is 0 Å². The summed E-state index contributed by atoms with van der Waals surface area (Å²) in [6, 6.07) is 5.09. The van der Waals surface area contributed by atoms with Crippen molar-refractivity contribution in [3.63, 3.8) is 0 Å². The highest BCUT2D eigenvalue weighted by Crippen LogP contribution is 2.12. The highest BCUT2D eigenvalue weighted by atomic mass is 32.1. The summed E-state index contributed by atoms with van der Waals surface area (Å²) in [5.74, 6) is -0.285. The van der Waals surface area contributed by atoms with Crippen LogP contribution in [0.1, 0.15) is 18.1 Å². The van der Waals surface area contributed by atoms with Crippen LogP contribution in [0.3, 0.4) is 0 Å². The van der Waals surface area contributed by atoms with E-state index in [1.54, 1.807) is 18.2 Å². The summed E-state index contributed by atoms with van der Waals surface area (Å²) >= 11 is 4.69. The van der Waals surface area contributed by atoms with Gasteiger partial charge in [0.25, 0.3) is 0 Å². The summed E-state index contributed by atoms with van der Waals surface area (Å²) < 4.78 is 13.4. The zero-order valence-electron chi connectivity index (χ0n) is 6.80. The van der Waals surface area contributed by atoms with Gasteiger partial charge in [-0.3, -0.25) is 0 Å². The second-order valence-corrected chi connectivity index (χ2v) is 2.94. The Morgan fingerprint density at radius 2 is 2.25 bits per heavy atom. The molecule has 0 radical (unpaired) electrons. The monoisotopic (exact) mass is 183 g/mol. The van der Waals surface area contributed by atoms with Gasteiger partial charge in [-0.1, -0.05) is 31.3 Å². The maximum Gasteiger partial charge on any atom is 0.136 e. The Bertz CT molecular complexity index is 309. The molecule has 1 aromatic rings. The molecule has 0 atom stereocenters. The molecule has 0 spiro atoms. The zero-order chi connectivity index (χ0) is 9.14. The van der Waals surface area contributed by atoms with Crippen LogP contribution in [0.2, 0.25) is 0 Å². The van der Waals surface area contributed by atoms with Crippen molar-refractivity contribution in [2.24, 2.45) is 5.73 Å². The van der Waals surface area contributed by atoms with E-state index in [2.05, 4.69) is 0 Å². The molecule has 0 fully saturated rings. The number of benzene rings is 1. The van der Waals surface area contributed by atoms with Crippen molar-refractivity contribution in [1.29, 1.82) is 0 Å². The van der Waals surface area contributed by atoms with Crippen LogP contribution >= 0.6 is 12.2 Å².